The van der Waals surface area contributed by atoms with E-state index in [1.165, 1.54) is 25.3 Å². The van der Waals surface area contributed by atoms with Gasteiger partial charge < -0.3 is 9.47 Å². The number of rotatable bonds is 8. The molecule has 1 N–H and O–H groups in total. The molecule has 0 aliphatic carbocycles. The molecule has 0 heterocycles. The van der Waals surface area contributed by atoms with Crippen molar-refractivity contribution in [1.82, 2.24) is 4.83 Å². The zero-order valence-electron chi connectivity index (χ0n) is 16.8. The van der Waals surface area contributed by atoms with Crippen LogP contribution in [-0.4, -0.2) is 32.8 Å². The van der Waals surface area contributed by atoms with E-state index in [1.807, 2.05) is 6.92 Å². The van der Waals surface area contributed by atoms with E-state index in [2.05, 4.69) is 9.93 Å². The van der Waals surface area contributed by atoms with Crippen molar-refractivity contribution in [3.63, 3.8) is 0 Å². The third-order valence-electron chi connectivity index (χ3n) is 3.83. The number of nitrogens with zero attached hydrogens (tertiary/aromatic N) is 2. The molecule has 0 aromatic heterocycles. The van der Waals surface area contributed by atoms with Crippen LogP contribution < -0.4 is 14.3 Å². The van der Waals surface area contributed by atoms with Crippen LogP contribution in [0.3, 0.4) is 0 Å². The standard InChI is InChI=1S/C19H23N3O6S/c1-12(2)28-19-16(22(23)24)9-15(10-17(19)27-5)11-20-21-29(25,26)18-7-6-13(3)8-14(18)4/h6-12,21H,1-5H3/b20-11+. The lowest BCUT2D eigenvalue weighted by Gasteiger charge is -2.14. The lowest BCUT2D eigenvalue weighted by molar-refractivity contribution is -0.386. The number of hydrazone groups is 1. The van der Waals surface area contributed by atoms with Gasteiger partial charge in [-0.15, -0.1) is 0 Å². The normalized spacial score (nSPS) is 11.7. The molecule has 0 bridgehead atoms. The van der Waals surface area contributed by atoms with Gasteiger partial charge in [0.1, 0.15) is 0 Å². The topological polar surface area (TPSA) is 120 Å². The molecule has 0 amide bonds. The van der Waals surface area contributed by atoms with Crippen LogP contribution in [-0.2, 0) is 10.0 Å². The monoisotopic (exact) mass is 421 g/mol. The first-order valence-corrected chi connectivity index (χ1v) is 10.2. The van der Waals surface area contributed by atoms with E-state index in [0.29, 0.717) is 5.56 Å². The Morgan fingerprint density at radius 1 is 1.21 bits per heavy atom. The number of sulfonamides is 1. The number of nitrogens with one attached hydrogen (secondary N) is 1. The van der Waals surface area contributed by atoms with E-state index in [1.54, 1.807) is 32.9 Å². The van der Waals surface area contributed by atoms with Crippen LogP contribution >= 0.6 is 0 Å². The Balaban J connectivity index is 2.34. The summed E-state index contributed by atoms with van der Waals surface area (Å²) in [6.07, 6.45) is 0.863. The summed E-state index contributed by atoms with van der Waals surface area (Å²) >= 11 is 0. The van der Waals surface area contributed by atoms with Gasteiger partial charge in [0.25, 0.3) is 10.0 Å². The summed E-state index contributed by atoms with van der Waals surface area (Å²) in [6, 6.07) is 7.64. The molecule has 0 unspecified atom stereocenters. The number of nitro benzene ring substituents is 1. The molecular weight excluding hydrogens is 398 g/mol. The van der Waals surface area contributed by atoms with E-state index in [9.17, 15) is 18.5 Å². The average molecular weight is 421 g/mol. The predicted octanol–water partition coefficient (Wildman–Crippen LogP) is 3.32. The van der Waals surface area contributed by atoms with E-state index in [4.69, 9.17) is 9.47 Å². The second kappa shape index (κ2) is 8.91. The minimum atomic E-state index is -3.88. The third-order valence-corrected chi connectivity index (χ3v) is 5.22. The van der Waals surface area contributed by atoms with Crippen molar-refractivity contribution >= 4 is 21.9 Å². The van der Waals surface area contributed by atoms with Gasteiger partial charge in [-0.2, -0.15) is 13.5 Å². The smallest absolute Gasteiger partial charge is 0.315 e. The summed E-state index contributed by atoms with van der Waals surface area (Å²) in [6.45, 7) is 7.02. The molecule has 0 aliphatic heterocycles. The van der Waals surface area contributed by atoms with Gasteiger partial charge >= 0.3 is 5.69 Å². The van der Waals surface area contributed by atoms with E-state index in [-0.39, 0.29) is 33.7 Å². The maximum atomic E-state index is 12.5. The van der Waals surface area contributed by atoms with Gasteiger partial charge in [0.15, 0.2) is 5.75 Å². The fraction of sp³-hybridized carbons (Fsp3) is 0.316. The number of aryl methyl sites for hydroxylation is 2. The molecule has 10 heteroatoms. The predicted molar refractivity (Wildman–Crippen MR) is 109 cm³/mol. The highest BCUT2D eigenvalue weighted by atomic mass is 32.2. The molecule has 2 rings (SSSR count). The van der Waals surface area contributed by atoms with Crippen LogP contribution in [0.5, 0.6) is 11.5 Å². The molecule has 0 saturated carbocycles. The number of ether oxygens (including phenoxy) is 2. The van der Waals surface area contributed by atoms with Gasteiger partial charge in [0.2, 0.25) is 5.75 Å². The Morgan fingerprint density at radius 2 is 1.90 bits per heavy atom. The Labute approximate surface area is 169 Å². The zero-order chi connectivity index (χ0) is 21.8. The number of hydrogen-bond acceptors (Lipinski definition) is 7. The van der Waals surface area contributed by atoms with Crippen LogP contribution in [0.1, 0.15) is 30.5 Å². The zero-order valence-corrected chi connectivity index (χ0v) is 17.6. The lowest BCUT2D eigenvalue weighted by Crippen LogP contribution is -2.19. The summed E-state index contributed by atoms with van der Waals surface area (Å²) in [4.78, 5) is 13.0. The van der Waals surface area contributed by atoms with Crippen molar-refractivity contribution in [2.24, 2.45) is 5.10 Å². The maximum absolute atomic E-state index is 12.5. The van der Waals surface area contributed by atoms with Crippen molar-refractivity contribution in [2.75, 3.05) is 7.11 Å². The van der Waals surface area contributed by atoms with Gasteiger partial charge in [0.05, 0.1) is 29.2 Å². The average Bonchev–Trinajstić information content (AvgIpc) is 2.61. The van der Waals surface area contributed by atoms with Gasteiger partial charge in [-0.25, -0.2) is 4.83 Å². The molecule has 0 atom stereocenters. The minimum Gasteiger partial charge on any atom is -0.493 e. The molecule has 0 radical (unpaired) electrons. The Kier molecular flexibility index (Phi) is 6.80. The fourth-order valence-corrected chi connectivity index (χ4v) is 3.66. The minimum absolute atomic E-state index is 0.000473. The second-order valence-corrected chi connectivity index (χ2v) is 8.25. The molecule has 156 valence electrons. The van der Waals surface area contributed by atoms with Crippen LogP contribution in [0.2, 0.25) is 0 Å². The first-order valence-electron chi connectivity index (χ1n) is 8.70. The van der Waals surface area contributed by atoms with Gasteiger partial charge in [-0.05, 0) is 45.4 Å². The van der Waals surface area contributed by atoms with Gasteiger partial charge in [-0.3, -0.25) is 10.1 Å². The fourth-order valence-electron chi connectivity index (χ4n) is 2.64. The molecule has 0 spiro atoms. The van der Waals surface area contributed by atoms with Crippen LogP contribution in [0, 0.1) is 24.0 Å². The van der Waals surface area contributed by atoms with Crippen LogP contribution in [0.4, 0.5) is 5.69 Å². The Morgan fingerprint density at radius 3 is 2.45 bits per heavy atom. The molecular formula is C19H23N3O6S. The first-order chi connectivity index (χ1) is 13.5. The van der Waals surface area contributed by atoms with E-state index < -0.39 is 14.9 Å². The van der Waals surface area contributed by atoms with E-state index in [0.717, 1.165) is 11.8 Å². The maximum Gasteiger partial charge on any atom is 0.315 e. The second-order valence-electron chi connectivity index (χ2n) is 6.62. The summed E-state index contributed by atoms with van der Waals surface area (Å²) < 4.78 is 35.6. The van der Waals surface area contributed by atoms with Crippen molar-refractivity contribution < 1.29 is 22.8 Å². The highest BCUT2D eigenvalue weighted by Crippen LogP contribution is 2.38. The Bertz CT molecular complexity index is 1050. The van der Waals surface area contributed by atoms with Crippen molar-refractivity contribution in [1.29, 1.82) is 0 Å². The van der Waals surface area contributed by atoms with Crippen molar-refractivity contribution in [3.8, 4) is 11.5 Å². The largest absolute Gasteiger partial charge is 0.493 e. The molecule has 0 fully saturated rings. The molecule has 9 nitrogen and oxygen atoms in total. The molecule has 0 saturated heterocycles. The number of nitro groups is 1. The molecule has 2 aromatic rings. The highest BCUT2D eigenvalue weighted by molar-refractivity contribution is 7.89. The van der Waals surface area contributed by atoms with Crippen molar-refractivity contribution in [3.05, 3.63) is 57.1 Å². The first kappa shape index (κ1) is 22.2. The summed E-state index contributed by atoms with van der Waals surface area (Å²) in [5, 5.41) is 15.2. The molecule has 0 aliphatic rings. The van der Waals surface area contributed by atoms with Crippen LogP contribution in [0.25, 0.3) is 0 Å². The number of hydrogen-bond donors (Lipinski definition) is 1. The van der Waals surface area contributed by atoms with E-state index >= 15 is 0 Å². The van der Waals surface area contributed by atoms with Gasteiger partial charge in [0, 0.05) is 11.6 Å². The number of methoxy groups -OCH3 is 1. The Hall–Kier alpha value is -3.14. The SMILES string of the molecule is COc1cc(/C=N/NS(=O)(=O)c2ccc(C)cc2C)cc([N+](=O)[O-])c1OC(C)C. The number of benzene rings is 2. The summed E-state index contributed by atoms with van der Waals surface area (Å²) in [5.74, 6) is 0.145. The third kappa shape index (κ3) is 5.44. The summed E-state index contributed by atoms with van der Waals surface area (Å²) in [5.41, 5.74) is 1.48. The quantitative estimate of drug-likeness (QED) is 0.397. The molecule has 29 heavy (non-hydrogen) atoms. The highest BCUT2D eigenvalue weighted by Gasteiger charge is 2.23. The lowest BCUT2D eigenvalue weighted by atomic mass is 10.2. The van der Waals surface area contributed by atoms with Crippen molar-refractivity contribution in [2.45, 2.75) is 38.7 Å². The van der Waals surface area contributed by atoms with Gasteiger partial charge in [-0.1, -0.05) is 17.7 Å². The molecule has 2 aromatic carbocycles. The summed E-state index contributed by atoms with van der Waals surface area (Å²) in [7, 11) is -2.52. The van der Waals surface area contributed by atoms with Crippen LogP contribution in [0.15, 0.2) is 40.3 Å².